The maximum absolute atomic E-state index is 13.7. The van der Waals surface area contributed by atoms with Crippen LogP contribution in [0.25, 0.3) is 33.2 Å². The lowest BCUT2D eigenvalue weighted by molar-refractivity contribution is 0.415. The van der Waals surface area contributed by atoms with Gasteiger partial charge in [-0.15, -0.1) is 0 Å². The molecule has 0 unspecified atom stereocenters. The van der Waals surface area contributed by atoms with Gasteiger partial charge in [-0.05, 0) is 72.1 Å². The van der Waals surface area contributed by atoms with E-state index in [0.717, 1.165) is 39.0 Å². The zero-order chi connectivity index (χ0) is 24.6. The van der Waals surface area contributed by atoms with E-state index in [-0.39, 0.29) is 4.90 Å². The van der Waals surface area contributed by atoms with Crippen LogP contribution in [-0.2, 0) is 10.0 Å². The Labute approximate surface area is 205 Å². The van der Waals surface area contributed by atoms with Gasteiger partial charge in [0.2, 0.25) is 0 Å². The maximum atomic E-state index is 13.7. The molecule has 5 aromatic rings. The summed E-state index contributed by atoms with van der Waals surface area (Å²) in [5, 5.41) is 0.828. The van der Waals surface area contributed by atoms with Crippen LogP contribution < -0.4 is 9.47 Å². The van der Waals surface area contributed by atoms with Gasteiger partial charge in [0.25, 0.3) is 10.0 Å². The molecule has 0 saturated heterocycles. The molecule has 35 heavy (non-hydrogen) atoms. The second kappa shape index (κ2) is 8.96. The summed E-state index contributed by atoms with van der Waals surface area (Å²) >= 11 is 0. The van der Waals surface area contributed by atoms with E-state index in [1.54, 1.807) is 32.5 Å². The van der Waals surface area contributed by atoms with Crippen molar-refractivity contribution in [2.75, 3.05) is 14.2 Å². The summed E-state index contributed by atoms with van der Waals surface area (Å²) in [6.45, 7) is 1.93. The Kier molecular flexibility index (Phi) is 5.83. The van der Waals surface area contributed by atoms with E-state index in [1.807, 2.05) is 85.8 Å². The van der Waals surface area contributed by atoms with Crippen molar-refractivity contribution in [3.8, 4) is 33.8 Å². The Morgan fingerprint density at radius 1 is 0.686 bits per heavy atom. The number of aromatic nitrogens is 1. The molecule has 0 aliphatic carbocycles. The first-order valence-corrected chi connectivity index (χ1v) is 12.6. The van der Waals surface area contributed by atoms with E-state index in [9.17, 15) is 8.42 Å². The molecule has 6 heteroatoms. The molecule has 0 fully saturated rings. The maximum Gasteiger partial charge on any atom is 0.268 e. The highest BCUT2D eigenvalue weighted by Gasteiger charge is 2.22. The molecule has 0 atom stereocenters. The van der Waals surface area contributed by atoms with Crippen molar-refractivity contribution < 1.29 is 17.9 Å². The SMILES string of the molecule is COc1cccc(-c2ccc3c(c2)c(-c2cccc(OC)c2)cn3S(=O)(=O)c2ccc(C)cc2)c1. The molecule has 4 aromatic carbocycles. The molecule has 0 aliphatic rings. The van der Waals surface area contributed by atoms with E-state index >= 15 is 0 Å². The first-order valence-electron chi connectivity index (χ1n) is 11.2. The summed E-state index contributed by atoms with van der Waals surface area (Å²) in [4.78, 5) is 0.245. The second-order valence-electron chi connectivity index (χ2n) is 8.35. The number of hydrogen-bond acceptors (Lipinski definition) is 4. The molecule has 5 nitrogen and oxygen atoms in total. The third-order valence-corrected chi connectivity index (χ3v) is 7.82. The van der Waals surface area contributed by atoms with Gasteiger partial charge in [-0.1, -0.05) is 48.0 Å². The topological polar surface area (TPSA) is 57.5 Å². The molecule has 1 heterocycles. The Balaban J connectivity index is 1.76. The van der Waals surface area contributed by atoms with E-state index in [4.69, 9.17) is 9.47 Å². The highest BCUT2D eigenvalue weighted by Crippen LogP contribution is 2.37. The summed E-state index contributed by atoms with van der Waals surface area (Å²) in [6, 6.07) is 28.2. The van der Waals surface area contributed by atoms with Crippen LogP contribution in [-0.4, -0.2) is 26.6 Å². The first-order chi connectivity index (χ1) is 16.9. The number of nitrogens with zero attached hydrogens (tertiary/aromatic N) is 1. The van der Waals surface area contributed by atoms with Crippen LogP contribution in [0.1, 0.15) is 5.56 Å². The zero-order valence-electron chi connectivity index (χ0n) is 19.7. The van der Waals surface area contributed by atoms with Gasteiger partial charge in [0, 0.05) is 17.1 Å². The monoisotopic (exact) mass is 483 g/mol. The van der Waals surface area contributed by atoms with Gasteiger partial charge < -0.3 is 9.47 Å². The summed E-state index contributed by atoms with van der Waals surface area (Å²) in [6.07, 6.45) is 1.70. The summed E-state index contributed by atoms with van der Waals surface area (Å²) in [5.74, 6) is 1.46. The molecule has 0 aliphatic heterocycles. The molecule has 5 rings (SSSR count). The smallest absolute Gasteiger partial charge is 0.268 e. The fourth-order valence-corrected chi connectivity index (χ4v) is 5.60. The largest absolute Gasteiger partial charge is 0.497 e. The van der Waals surface area contributed by atoms with E-state index in [1.165, 1.54) is 3.97 Å². The van der Waals surface area contributed by atoms with Crippen molar-refractivity contribution in [3.63, 3.8) is 0 Å². The lowest BCUT2D eigenvalue weighted by Crippen LogP contribution is -2.11. The predicted octanol–water partition coefficient (Wildman–Crippen LogP) is 6.54. The fraction of sp³-hybridized carbons (Fsp3) is 0.103. The minimum atomic E-state index is -3.81. The Morgan fingerprint density at radius 3 is 1.94 bits per heavy atom. The number of rotatable bonds is 6. The van der Waals surface area contributed by atoms with Crippen molar-refractivity contribution in [2.24, 2.45) is 0 Å². The molecule has 0 spiro atoms. The van der Waals surface area contributed by atoms with Crippen molar-refractivity contribution >= 4 is 20.9 Å². The standard InChI is InChI=1S/C29H25NO4S/c1-20-10-13-26(14-11-20)35(31,32)30-19-28(23-7-5-9-25(17-23)34-3)27-18-22(12-15-29(27)30)21-6-4-8-24(16-21)33-2/h4-19H,1-3H3. The lowest BCUT2D eigenvalue weighted by atomic mass is 9.99. The van der Waals surface area contributed by atoms with Crippen molar-refractivity contribution in [1.82, 2.24) is 3.97 Å². The summed E-state index contributed by atoms with van der Waals surface area (Å²) < 4.78 is 39.6. The molecule has 0 saturated carbocycles. The molecular formula is C29H25NO4S. The van der Waals surface area contributed by atoms with Gasteiger partial charge in [-0.2, -0.15) is 0 Å². The van der Waals surface area contributed by atoms with Crippen molar-refractivity contribution in [2.45, 2.75) is 11.8 Å². The van der Waals surface area contributed by atoms with E-state index < -0.39 is 10.0 Å². The van der Waals surface area contributed by atoms with Crippen LogP contribution in [0.5, 0.6) is 11.5 Å². The van der Waals surface area contributed by atoms with Gasteiger partial charge >= 0.3 is 0 Å². The van der Waals surface area contributed by atoms with Crippen LogP contribution in [0.15, 0.2) is 102 Å². The number of hydrogen-bond donors (Lipinski definition) is 0. The normalized spacial score (nSPS) is 11.5. The molecule has 0 N–H and O–H groups in total. The van der Waals surface area contributed by atoms with Crippen LogP contribution in [0.4, 0.5) is 0 Å². The fourth-order valence-electron chi connectivity index (χ4n) is 4.23. The quantitative estimate of drug-likeness (QED) is 0.275. The number of ether oxygens (including phenoxy) is 2. The molecule has 1 aromatic heterocycles. The number of methoxy groups -OCH3 is 2. The minimum absolute atomic E-state index is 0.245. The van der Waals surface area contributed by atoms with Crippen LogP contribution >= 0.6 is 0 Å². The third-order valence-electron chi connectivity index (χ3n) is 6.13. The van der Waals surface area contributed by atoms with Crippen LogP contribution in [0.2, 0.25) is 0 Å². The van der Waals surface area contributed by atoms with Gasteiger partial charge in [0.15, 0.2) is 0 Å². The predicted molar refractivity (Wildman–Crippen MR) is 140 cm³/mol. The van der Waals surface area contributed by atoms with E-state index in [2.05, 4.69) is 0 Å². The van der Waals surface area contributed by atoms with Gasteiger partial charge in [-0.25, -0.2) is 12.4 Å². The number of aryl methyl sites for hydroxylation is 1. The Morgan fingerprint density at radius 2 is 1.29 bits per heavy atom. The van der Waals surface area contributed by atoms with Gasteiger partial charge in [0.1, 0.15) is 11.5 Å². The number of benzene rings is 4. The Hall–Kier alpha value is -4.03. The van der Waals surface area contributed by atoms with Crippen LogP contribution in [0, 0.1) is 6.92 Å². The summed E-state index contributed by atoms with van der Waals surface area (Å²) in [5.41, 5.74) is 5.23. The second-order valence-corrected chi connectivity index (χ2v) is 10.2. The van der Waals surface area contributed by atoms with Gasteiger partial charge in [-0.3, -0.25) is 0 Å². The van der Waals surface area contributed by atoms with Gasteiger partial charge in [0.05, 0.1) is 24.6 Å². The highest BCUT2D eigenvalue weighted by molar-refractivity contribution is 7.90. The van der Waals surface area contributed by atoms with Crippen molar-refractivity contribution in [1.29, 1.82) is 0 Å². The number of fused-ring (bicyclic) bond motifs is 1. The van der Waals surface area contributed by atoms with E-state index in [0.29, 0.717) is 11.3 Å². The molecule has 0 bridgehead atoms. The minimum Gasteiger partial charge on any atom is -0.497 e. The molecular weight excluding hydrogens is 458 g/mol. The lowest BCUT2D eigenvalue weighted by Gasteiger charge is -2.09. The zero-order valence-corrected chi connectivity index (χ0v) is 20.5. The third kappa shape index (κ3) is 4.17. The van der Waals surface area contributed by atoms with Crippen LogP contribution in [0.3, 0.4) is 0 Å². The Bertz CT molecular complexity index is 1630. The summed E-state index contributed by atoms with van der Waals surface area (Å²) in [7, 11) is -0.554. The highest BCUT2D eigenvalue weighted by atomic mass is 32.2. The molecule has 0 amide bonds. The first kappa shape index (κ1) is 22.7. The average Bonchev–Trinajstić information content (AvgIpc) is 3.29. The average molecular weight is 484 g/mol. The molecule has 176 valence electrons. The van der Waals surface area contributed by atoms with Crippen molar-refractivity contribution in [3.05, 3.63) is 103 Å². The molecule has 0 radical (unpaired) electrons.